The summed E-state index contributed by atoms with van der Waals surface area (Å²) in [5, 5.41) is 0. The SMILES string of the molecule is CCOC(=O)C1=C(c2ccccc2)N=c2s/c(=C\c3ccc(C)cc3)c(=O)n2C1c1ccc(C(C)C)cc1. The van der Waals surface area contributed by atoms with Crippen molar-refractivity contribution < 1.29 is 9.53 Å². The van der Waals surface area contributed by atoms with Gasteiger partial charge in [-0.05, 0) is 42.5 Å². The summed E-state index contributed by atoms with van der Waals surface area (Å²) in [6.07, 6.45) is 1.89. The summed E-state index contributed by atoms with van der Waals surface area (Å²) >= 11 is 1.33. The van der Waals surface area contributed by atoms with Gasteiger partial charge in [-0.2, -0.15) is 0 Å². The maximum absolute atomic E-state index is 13.9. The Morgan fingerprint density at radius 3 is 2.34 bits per heavy atom. The van der Waals surface area contributed by atoms with E-state index in [9.17, 15) is 9.59 Å². The van der Waals surface area contributed by atoms with E-state index in [0.717, 1.165) is 22.3 Å². The van der Waals surface area contributed by atoms with Crippen molar-refractivity contribution >= 4 is 29.1 Å². The average molecular weight is 523 g/mol. The Morgan fingerprint density at radius 1 is 1.03 bits per heavy atom. The summed E-state index contributed by atoms with van der Waals surface area (Å²) in [7, 11) is 0. The monoisotopic (exact) mass is 522 g/mol. The molecule has 0 saturated carbocycles. The minimum atomic E-state index is -0.665. The minimum Gasteiger partial charge on any atom is -0.463 e. The zero-order valence-corrected chi connectivity index (χ0v) is 22.8. The van der Waals surface area contributed by atoms with Crippen molar-refractivity contribution in [1.82, 2.24) is 4.57 Å². The van der Waals surface area contributed by atoms with Crippen LogP contribution < -0.4 is 14.9 Å². The van der Waals surface area contributed by atoms with E-state index in [1.807, 2.05) is 79.7 Å². The van der Waals surface area contributed by atoms with Crippen molar-refractivity contribution in [2.75, 3.05) is 6.61 Å². The molecular weight excluding hydrogens is 492 g/mol. The van der Waals surface area contributed by atoms with Crippen LogP contribution in [0.3, 0.4) is 0 Å². The molecule has 1 atom stereocenters. The molecule has 3 aromatic carbocycles. The molecule has 192 valence electrons. The second-order valence-corrected chi connectivity index (χ2v) is 10.7. The Labute approximate surface area is 226 Å². The van der Waals surface area contributed by atoms with Crippen LogP contribution >= 0.6 is 11.3 Å². The number of aryl methyl sites for hydroxylation is 1. The smallest absolute Gasteiger partial charge is 0.338 e. The molecule has 5 rings (SSSR count). The maximum atomic E-state index is 13.9. The summed E-state index contributed by atoms with van der Waals surface area (Å²) in [4.78, 5) is 32.9. The van der Waals surface area contributed by atoms with Crippen molar-refractivity contribution in [1.29, 1.82) is 0 Å². The molecule has 1 unspecified atom stereocenters. The number of carbonyl (C=O) groups excluding carboxylic acids is 1. The normalized spacial score (nSPS) is 15.4. The van der Waals surface area contributed by atoms with E-state index < -0.39 is 12.0 Å². The van der Waals surface area contributed by atoms with Gasteiger partial charge in [-0.25, -0.2) is 9.79 Å². The number of benzene rings is 3. The topological polar surface area (TPSA) is 60.7 Å². The molecule has 0 N–H and O–H groups in total. The lowest BCUT2D eigenvalue weighted by Gasteiger charge is -2.26. The summed E-state index contributed by atoms with van der Waals surface area (Å²) in [5.41, 5.74) is 5.63. The molecule has 0 bridgehead atoms. The number of nitrogens with zero attached hydrogens (tertiary/aromatic N) is 2. The second kappa shape index (κ2) is 10.8. The Kier molecular flexibility index (Phi) is 7.25. The van der Waals surface area contributed by atoms with Crippen molar-refractivity contribution in [2.24, 2.45) is 4.99 Å². The van der Waals surface area contributed by atoms with Gasteiger partial charge in [0, 0.05) is 5.56 Å². The number of thiazole rings is 1. The number of esters is 1. The van der Waals surface area contributed by atoms with Gasteiger partial charge in [-0.3, -0.25) is 9.36 Å². The number of hydrogen-bond donors (Lipinski definition) is 0. The molecule has 1 aromatic heterocycles. The molecule has 6 heteroatoms. The minimum absolute atomic E-state index is 0.179. The highest BCUT2D eigenvalue weighted by molar-refractivity contribution is 7.07. The van der Waals surface area contributed by atoms with Gasteiger partial charge in [0.25, 0.3) is 5.56 Å². The fraction of sp³-hybridized carbons (Fsp3) is 0.219. The van der Waals surface area contributed by atoms with Gasteiger partial charge in [0.1, 0.15) is 0 Å². The van der Waals surface area contributed by atoms with Gasteiger partial charge in [0.2, 0.25) is 0 Å². The van der Waals surface area contributed by atoms with E-state index in [-0.39, 0.29) is 12.2 Å². The van der Waals surface area contributed by atoms with Crippen molar-refractivity contribution in [3.8, 4) is 0 Å². The van der Waals surface area contributed by atoms with Crippen LogP contribution in [0.2, 0.25) is 0 Å². The van der Waals surface area contributed by atoms with E-state index in [1.165, 1.54) is 16.9 Å². The Balaban J connectivity index is 1.81. The molecule has 0 radical (unpaired) electrons. The van der Waals surface area contributed by atoms with Crippen LogP contribution in [0, 0.1) is 6.92 Å². The Bertz CT molecular complexity index is 1680. The highest BCUT2D eigenvalue weighted by Gasteiger charge is 2.35. The number of fused-ring (bicyclic) bond motifs is 1. The first kappa shape index (κ1) is 25.6. The second-order valence-electron chi connectivity index (χ2n) is 9.66. The predicted molar refractivity (Wildman–Crippen MR) is 153 cm³/mol. The number of hydrogen-bond acceptors (Lipinski definition) is 5. The van der Waals surface area contributed by atoms with Crippen molar-refractivity contribution in [3.63, 3.8) is 0 Å². The standard InChI is InChI=1S/C32H30N2O3S/c1-5-37-31(36)27-28(24-9-7-6-8-10-24)33-32-34(29(27)25-17-15-23(16-18-25)20(2)3)30(35)26(38-32)19-22-13-11-21(4)12-14-22/h6-20,29H,5H2,1-4H3/b26-19-. The molecule has 38 heavy (non-hydrogen) atoms. The lowest BCUT2D eigenvalue weighted by molar-refractivity contribution is -0.138. The molecule has 0 fully saturated rings. The van der Waals surface area contributed by atoms with Gasteiger partial charge in [-0.1, -0.05) is 110 Å². The van der Waals surface area contributed by atoms with E-state index in [2.05, 4.69) is 26.0 Å². The molecule has 5 nitrogen and oxygen atoms in total. The van der Waals surface area contributed by atoms with Crippen LogP contribution in [-0.2, 0) is 9.53 Å². The van der Waals surface area contributed by atoms with Crippen LogP contribution in [0.25, 0.3) is 11.8 Å². The highest BCUT2D eigenvalue weighted by atomic mass is 32.1. The molecule has 0 amide bonds. The Hall–Kier alpha value is -4.03. The first-order chi connectivity index (χ1) is 18.4. The van der Waals surface area contributed by atoms with Gasteiger partial charge in [0.05, 0.1) is 28.5 Å². The van der Waals surface area contributed by atoms with E-state index >= 15 is 0 Å². The molecule has 1 aliphatic heterocycles. The molecule has 0 spiro atoms. The summed E-state index contributed by atoms with van der Waals surface area (Å²) in [5.74, 6) is -0.110. The third-order valence-corrected chi connectivity index (χ3v) is 7.65. The third kappa shape index (κ3) is 4.92. The van der Waals surface area contributed by atoms with Crippen molar-refractivity contribution in [3.05, 3.63) is 132 Å². The summed E-state index contributed by atoms with van der Waals surface area (Å²) < 4.78 is 7.75. The molecule has 2 heterocycles. The maximum Gasteiger partial charge on any atom is 0.338 e. The molecular formula is C32H30N2O3S. The molecule has 1 aliphatic rings. The van der Waals surface area contributed by atoms with E-state index in [1.54, 1.807) is 11.5 Å². The van der Waals surface area contributed by atoms with E-state index in [0.29, 0.717) is 26.5 Å². The lowest BCUT2D eigenvalue weighted by atomic mass is 9.91. The zero-order valence-electron chi connectivity index (χ0n) is 22.0. The largest absolute Gasteiger partial charge is 0.463 e. The number of ether oxygens (including phenoxy) is 1. The van der Waals surface area contributed by atoms with Gasteiger partial charge >= 0.3 is 5.97 Å². The number of rotatable bonds is 6. The highest BCUT2D eigenvalue weighted by Crippen LogP contribution is 2.35. The number of aromatic nitrogens is 1. The van der Waals surface area contributed by atoms with Crippen LogP contribution in [0.15, 0.2) is 94.2 Å². The lowest BCUT2D eigenvalue weighted by Crippen LogP contribution is -2.40. The van der Waals surface area contributed by atoms with Gasteiger partial charge in [-0.15, -0.1) is 0 Å². The molecule has 4 aromatic rings. The predicted octanol–water partition coefficient (Wildman–Crippen LogP) is 5.37. The van der Waals surface area contributed by atoms with Crippen molar-refractivity contribution in [2.45, 2.75) is 39.7 Å². The van der Waals surface area contributed by atoms with Crippen LogP contribution in [0.5, 0.6) is 0 Å². The van der Waals surface area contributed by atoms with Gasteiger partial charge in [0.15, 0.2) is 4.80 Å². The first-order valence-corrected chi connectivity index (χ1v) is 13.6. The van der Waals surface area contributed by atoms with Gasteiger partial charge < -0.3 is 4.74 Å². The average Bonchev–Trinajstić information content (AvgIpc) is 3.24. The molecule has 0 saturated heterocycles. The van der Waals surface area contributed by atoms with E-state index in [4.69, 9.17) is 9.73 Å². The Morgan fingerprint density at radius 2 is 1.71 bits per heavy atom. The first-order valence-electron chi connectivity index (χ1n) is 12.8. The fourth-order valence-corrected chi connectivity index (χ4v) is 5.63. The quantitative estimate of drug-likeness (QED) is 0.320. The summed E-state index contributed by atoms with van der Waals surface area (Å²) in [6.45, 7) is 8.32. The van der Waals surface area contributed by atoms with Crippen LogP contribution in [0.1, 0.15) is 60.5 Å². The number of carbonyl (C=O) groups is 1. The zero-order chi connectivity index (χ0) is 26.8. The third-order valence-electron chi connectivity index (χ3n) is 6.67. The van der Waals surface area contributed by atoms with Crippen LogP contribution in [-0.4, -0.2) is 17.1 Å². The summed E-state index contributed by atoms with van der Waals surface area (Å²) in [6, 6.07) is 25.1. The van der Waals surface area contributed by atoms with Crippen LogP contribution in [0.4, 0.5) is 0 Å². The fourth-order valence-electron chi connectivity index (χ4n) is 4.63. The molecule has 0 aliphatic carbocycles.